The molecule has 0 aromatic heterocycles. The maximum Gasteiger partial charge on any atom is 0.407 e. The minimum atomic E-state index is -0.900. The molecule has 2 atom stereocenters. The largest absolute Gasteiger partial charge is 0.449 e. The minimum absolute atomic E-state index is 0.0176. The predicted octanol–water partition coefficient (Wildman–Crippen LogP) is 0.994. The number of primary amides is 1. The van der Waals surface area contributed by atoms with Crippen molar-refractivity contribution in [2.45, 2.75) is 46.3 Å². The van der Waals surface area contributed by atoms with Gasteiger partial charge in [-0.15, -0.1) is 0 Å². The number of ether oxygens (including phenoxy) is 2. The molecule has 0 spiro atoms. The van der Waals surface area contributed by atoms with Crippen molar-refractivity contribution >= 4 is 12.2 Å². The molecule has 0 aromatic carbocycles. The second-order valence-corrected chi connectivity index (χ2v) is 5.35. The molecular weight excluding hydrogens is 252 g/mol. The Balaban J connectivity index is 4.40. The van der Waals surface area contributed by atoms with E-state index in [-0.39, 0.29) is 19.3 Å². The monoisotopic (exact) mass is 276 g/mol. The average molecular weight is 276 g/mol. The van der Waals surface area contributed by atoms with Crippen LogP contribution in [0.3, 0.4) is 0 Å². The first-order valence-corrected chi connectivity index (χ1v) is 6.18. The quantitative estimate of drug-likeness (QED) is 0.642. The SMILES string of the molecule is CC(C)NC(=O)OC[C@@](C)(COC(N)=O)C[C@@H](C)O. The summed E-state index contributed by atoms with van der Waals surface area (Å²) >= 11 is 0. The average Bonchev–Trinajstić information content (AvgIpc) is 2.22. The van der Waals surface area contributed by atoms with E-state index in [1.165, 1.54) is 0 Å². The molecule has 0 aliphatic rings. The molecule has 19 heavy (non-hydrogen) atoms. The van der Waals surface area contributed by atoms with Gasteiger partial charge in [-0.1, -0.05) is 6.92 Å². The third-order valence-corrected chi connectivity index (χ3v) is 2.31. The molecular formula is C12H24N2O5. The lowest BCUT2D eigenvalue weighted by molar-refractivity contribution is 0.00790. The van der Waals surface area contributed by atoms with Gasteiger partial charge in [0.2, 0.25) is 0 Å². The maximum atomic E-state index is 11.4. The van der Waals surface area contributed by atoms with Crippen LogP contribution in [-0.4, -0.2) is 42.7 Å². The molecule has 0 radical (unpaired) electrons. The Morgan fingerprint density at radius 3 is 2.21 bits per heavy atom. The number of alkyl carbamates (subject to hydrolysis) is 1. The summed E-state index contributed by atoms with van der Waals surface area (Å²) in [6.45, 7) is 6.97. The van der Waals surface area contributed by atoms with Gasteiger partial charge in [-0.3, -0.25) is 0 Å². The fourth-order valence-corrected chi connectivity index (χ4v) is 1.64. The van der Waals surface area contributed by atoms with Crippen molar-refractivity contribution in [3.05, 3.63) is 0 Å². The summed E-state index contributed by atoms with van der Waals surface area (Å²) in [5.41, 5.74) is 4.23. The first-order chi connectivity index (χ1) is 8.64. The summed E-state index contributed by atoms with van der Waals surface area (Å²) in [6, 6.07) is -0.0302. The number of nitrogens with two attached hydrogens (primary N) is 1. The second-order valence-electron chi connectivity index (χ2n) is 5.35. The van der Waals surface area contributed by atoms with Crippen molar-refractivity contribution in [2.24, 2.45) is 11.1 Å². The highest BCUT2D eigenvalue weighted by Gasteiger charge is 2.30. The van der Waals surface area contributed by atoms with E-state index < -0.39 is 23.7 Å². The zero-order valence-electron chi connectivity index (χ0n) is 11.9. The summed E-state index contributed by atoms with van der Waals surface area (Å²) in [7, 11) is 0. The zero-order chi connectivity index (χ0) is 15.1. The number of hydrogen-bond acceptors (Lipinski definition) is 5. The van der Waals surface area contributed by atoms with E-state index in [9.17, 15) is 14.7 Å². The number of nitrogens with one attached hydrogen (secondary N) is 1. The smallest absolute Gasteiger partial charge is 0.407 e. The van der Waals surface area contributed by atoms with E-state index in [2.05, 4.69) is 5.32 Å². The summed E-state index contributed by atoms with van der Waals surface area (Å²) in [4.78, 5) is 22.0. The molecule has 0 rings (SSSR count). The molecule has 0 heterocycles. The van der Waals surface area contributed by atoms with E-state index in [4.69, 9.17) is 15.2 Å². The van der Waals surface area contributed by atoms with Crippen LogP contribution in [0, 0.1) is 5.41 Å². The van der Waals surface area contributed by atoms with Crippen LogP contribution in [0.25, 0.3) is 0 Å². The molecule has 0 aliphatic carbocycles. The highest BCUT2D eigenvalue weighted by atomic mass is 16.6. The van der Waals surface area contributed by atoms with Gasteiger partial charge in [-0.05, 0) is 27.2 Å². The van der Waals surface area contributed by atoms with Gasteiger partial charge < -0.3 is 25.6 Å². The molecule has 0 aromatic rings. The number of carbonyl (C=O) groups excluding carboxylic acids is 2. The van der Waals surface area contributed by atoms with Gasteiger partial charge in [0.15, 0.2) is 0 Å². The Bertz CT molecular complexity index is 306. The lowest BCUT2D eigenvalue weighted by Gasteiger charge is -2.29. The van der Waals surface area contributed by atoms with E-state index in [0.29, 0.717) is 6.42 Å². The third kappa shape index (κ3) is 9.12. The highest BCUT2D eigenvalue weighted by molar-refractivity contribution is 5.67. The van der Waals surface area contributed by atoms with Crippen molar-refractivity contribution < 1.29 is 24.2 Å². The van der Waals surface area contributed by atoms with Crippen LogP contribution < -0.4 is 11.1 Å². The lowest BCUT2D eigenvalue weighted by atomic mass is 9.86. The Morgan fingerprint density at radius 2 is 1.79 bits per heavy atom. The highest BCUT2D eigenvalue weighted by Crippen LogP contribution is 2.24. The summed E-state index contributed by atoms with van der Waals surface area (Å²) in [6.07, 6.45) is -1.75. The van der Waals surface area contributed by atoms with E-state index in [0.717, 1.165) is 0 Å². The van der Waals surface area contributed by atoms with Gasteiger partial charge in [-0.2, -0.15) is 0 Å². The fraction of sp³-hybridized carbons (Fsp3) is 0.833. The Kier molecular flexibility index (Phi) is 7.21. The van der Waals surface area contributed by atoms with Crippen LogP contribution in [0.4, 0.5) is 9.59 Å². The van der Waals surface area contributed by atoms with Gasteiger partial charge in [0.1, 0.15) is 13.2 Å². The first kappa shape index (κ1) is 17.5. The summed E-state index contributed by atoms with van der Waals surface area (Å²) in [5.74, 6) is 0. The van der Waals surface area contributed by atoms with E-state index in [1.54, 1.807) is 13.8 Å². The zero-order valence-corrected chi connectivity index (χ0v) is 11.9. The van der Waals surface area contributed by atoms with Gasteiger partial charge >= 0.3 is 12.2 Å². The molecule has 0 fully saturated rings. The van der Waals surface area contributed by atoms with Crippen LogP contribution in [0.15, 0.2) is 0 Å². The van der Waals surface area contributed by atoms with Crippen molar-refractivity contribution in [3.63, 3.8) is 0 Å². The van der Waals surface area contributed by atoms with Gasteiger partial charge in [0.05, 0.1) is 6.10 Å². The summed E-state index contributed by atoms with van der Waals surface area (Å²) in [5, 5.41) is 12.0. The van der Waals surface area contributed by atoms with Crippen LogP contribution in [0.1, 0.15) is 34.1 Å². The second kappa shape index (κ2) is 7.83. The Morgan fingerprint density at radius 1 is 1.26 bits per heavy atom. The predicted molar refractivity (Wildman–Crippen MR) is 69.6 cm³/mol. The van der Waals surface area contributed by atoms with Crippen LogP contribution in [-0.2, 0) is 9.47 Å². The van der Waals surface area contributed by atoms with Crippen molar-refractivity contribution in [1.29, 1.82) is 0 Å². The molecule has 2 amide bonds. The Hall–Kier alpha value is -1.50. The van der Waals surface area contributed by atoms with Gasteiger partial charge in [0, 0.05) is 11.5 Å². The van der Waals surface area contributed by atoms with Gasteiger partial charge in [0.25, 0.3) is 0 Å². The van der Waals surface area contributed by atoms with Gasteiger partial charge in [-0.25, -0.2) is 9.59 Å². The van der Waals surface area contributed by atoms with Crippen molar-refractivity contribution in [2.75, 3.05) is 13.2 Å². The number of carbonyl (C=O) groups is 2. The minimum Gasteiger partial charge on any atom is -0.449 e. The number of amides is 2. The number of rotatable bonds is 7. The first-order valence-electron chi connectivity index (χ1n) is 6.18. The molecule has 112 valence electrons. The van der Waals surface area contributed by atoms with E-state index >= 15 is 0 Å². The molecule has 7 nitrogen and oxygen atoms in total. The van der Waals surface area contributed by atoms with Crippen LogP contribution in [0.2, 0.25) is 0 Å². The molecule has 7 heteroatoms. The molecule has 0 saturated carbocycles. The topological polar surface area (TPSA) is 111 Å². The molecule has 4 N–H and O–H groups in total. The van der Waals surface area contributed by atoms with E-state index in [1.807, 2.05) is 13.8 Å². The van der Waals surface area contributed by atoms with Crippen molar-refractivity contribution in [1.82, 2.24) is 5.32 Å². The number of aliphatic hydroxyl groups excluding tert-OH is 1. The van der Waals surface area contributed by atoms with Crippen LogP contribution in [0.5, 0.6) is 0 Å². The molecule has 0 unspecified atom stereocenters. The molecule has 0 aliphatic heterocycles. The maximum absolute atomic E-state index is 11.4. The number of aliphatic hydroxyl groups is 1. The lowest BCUT2D eigenvalue weighted by Crippen LogP contribution is -2.38. The standard InChI is InChI=1S/C12H24N2O5/c1-8(2)14-11(17)19-7-12(4,5-9(3)15)6-18-10(13)16/h8-9,15H,5-7H2,1-4H3,(H2,13,16)(H,14,17)/t9-,12-/m1/s1. The Labute approximate surface area is 113 Å². The summed E-state index contributed by atoms with van der Waals surface area (Å²) < 4.78 is 9.80. The fourth-order valence-electron chi connectivity index (χ4n) is 1.64. The third-order valence-electron chi connectivity index (χ3n) is 2.31. The molecule has 0 bridgehead atoms. The van der Waals surface area contributed by atoms with Crippen LogP contribution >= 0.6 is 0 Å². The molecule has 0 saturated heterocycles. The van der Waals surface area contributed by atoms with Crippen molar-refractivity contribution in [3.8, 4) is 0 Å². The number of hydrogen-bond donors (Lipinski definition) is 3. The normalized spacial score (nSPS) is 15.5.